The Morgan fingerprint density at radius 1 is 0.556 bits per heavy atom. The van der Waals surface area contributed by atoms with Crippen LogP contribution in [-0.2, 0) is 25.7 Å². The zero-order chi connectivity index (χ0) is 12.5. The molecule has 0 aliphatic heterocycles. The molecule has 0 nitrogen and oxygen atoms in total. The van der Waals surface area contributed by atoms with Crippen LogP contribution in [0.3, 0.4) is 0 Å². The predicted molar refractivity (Wildman–Crippen MR) is 78.0 cm³/mol. The van der Waals surface area contributed by atoms with Crippen LogP contribution in [0.15, 0.2) is 36.4 Å². The Morgan fingerprint density at radius 2 is 0.833 bits per heavy atom. The van der Waals surface area contributed by atoms with E-state index in [1.165, 1.54) is 25.7 Å². The topological polar surface area (TPSA) is 0 Å². The Kier molecular flexibility index (Phi) is 2.95. The highest BCUT2D eigenvalue weighted by atomic mass is 14.3. The first kappa shape index (κ1) is 11.5. The number of rotatable bonds is 0. The molecule has 0 heteroatoms. The second kappa shape index (κ2) is 4.61. The Balaban J connectivity index is 0.000000478. The van der Waals surface area contributed by atoms with Gasteiger partial charge in [-0.25, -0.2) is 0 Å². The van der Waals surface area contributed by atoms with E-state index in [4.69, 9.17) is 0 Å². The quantitative estimate of drug-likeness (QED) is 0.628. The summed E-state index contributed by atoms with van der Waals surface area (Å²) in [4.78, 5) is 0. The van der Waals surface area contributed by atoms with Gasteiger partial charge in [0.25, 0.3) is 0 Å². The summed E-state index contributed by atoms with van der Waals surface area (Å²) in [6.45, 7) is 4.00. The summed E-state index contributed by atoms with van der Waals surface area (Å²) in [5.74, 6) is 0. The molecule has 0 radical (unpaired) electrons. The van der Waals surface area contributed by atoms with Crippen LogP contribution in [-0.4, -0.2) is 0 Å². The average Bonchev–Trinajstić information content (AvgIpc) is 2.47. The number of hydrogen-bond acceptors (Lipinski definition) is 0. The number of hydrogen-bond donors (Lipinski definition) is 0. The van der Waals surface area contributed by atoms with Crippen LogP contribution in [0, 0.1) is 0 Å². The third-order valence-corrected chi connectivity index (χ3v) is 4.05. The lowest BCUT2D eigenvalue weighted by Gasteiger charge is -2.28. The van der Waals surface area contributed by atoms with E-state index in [0.717, 1.165) is 0 Å². The molecule has 18 heavy (non-hydrogen) atoms. The first-order chi connectivity index (χ1) is 8.93. The van der Waals surface area contributed by atoms with E-state index >= 15 is 0 Å². The lowest BCUT2D eigenvalue weighted by molar-refractivity contribution is 0.876. The van der Waals surface area contributed by atoms with Gasteiger partial charge in [-0.1, -0.05) is 50.2 Å². The molecular weight excluding hydrogens is 216 g/mol. The summed E-state index contributed by atoms with van der Waals surface area (Å²) in [6, 6.07) is 13.7. The standard InChI is InChI=1S/C16H14.C2H6/c1-3-11-7-9-13-5-2-6-14-10-8-12(4-1)15(11)16(13)14;1-2/h1-6H,7-10H2;1-2H3. The Labute approximate surface area is 110 Å². The summed E-state index contributed by atoms with van der Waals surface area (Å²) >= 11 is 0. The maximum absolute atomic E-state index is 2.31. The van der Waals surface area contributed by atoms with Crippen molar-refractivity contribution in [3.05, 3.63) is 58.7 Å². The first-order valence-corrected chi connectivity index (χ1v) is 7.15. The van der Waals surface area contributed by atoms with E-state index in [1.807, 2.05) is 13.8 Å². The van der Waals surface area contributed by atoms with Gasteiger partial charge >= 0.3 is 0 Å². The summed E-state index contributed by atoms with van der Waals surface area (Å²) in [7, 11) is 0. The SMILES string of the molecule is CC.c1cc2c3c(c1)CCc1cccc(c1-3)CC2. The van der Waals surface area contributed by atoms with Gasteiger partial charge in [0.15, 0.2) is 0 Å². The zero-order valence-corrected chi connectivity index (χ0v) is 11.3. The minimum Gasteiger partial charge on any atom is -0.0683 e. The number of aryl methyl sites for hydroxylation is 4. The fourth-order valence-corrected chi connectivity index (χ4v) is 3.32. The highest BCUT2D eigenvalue weighted by Crippen LogP contribution is 2.41. The van der Waals surface area contributed by atoms with Crippen LogP contribution >= 0.6 is 0 Å². The highest BCUT2D eigenvalue weighted by molar-refractivity contribution is 5.80. The van der Waals surface area contributed by atoms with Crippen LogP contribution in [0.1, 0.15) is 36.1 Å². The van der Waals surface area contributed by atoms with Gasteiger partial charge in [0.05, 0.1) is 0 Å². The van der Waals surface area contributed by atoms with Gasteiger partial charge < -0.3 is 0 Å². The van der Waals surface area contributed by atoms with Gasteiger partial charge in [-0.15, -0.1) is 0 Å². The summed E-state index contributed by atoms with van der Waals surface area (Å²) in [5, 5.41) is 0. The van der Waals surface area contributed by atoms with Crippen molar-refractivity contribution in [1.29, 1.82) is 0 Å². The Morgan fingerprint density at radius 3 is 1.11 bits per heavy atom. The molecule has 0 bridgehead atoms. The molecule has 0 spiro atoms. The molecule has 0 fully saturated rings. The minimum absolute atomic E-state index is 1.22. The summed E-state index contributed by atoms with van der Waals surface area (Å²) < 4.78 is 0. The van der Waals surface area contributed by atoms with Gasteiger partial charge in [0.2, 0.25) is 0 Å². The number of benzene rings is 2. The maximum Gasteiger partial charge on any atom is -0.0114 e. The van der Waals surface area contributed by atoms with E-state index in [9.17, 15) is 0 Å². The molecule has 0 atom stereocenters. The molecule has 0 N–H and O–H groups in total. The normalized spacial score (nSPS) is 14.3. The van der Waals surface area contributed by atoms with Crippen molar-refractivity contribution in [3.63, 3.8) is 0 Å². The second-order valence-corrected chi connectivity index (χ2v) is 4.90. The predicted octanol–water partition coefficient (Wildman–Crippen LogP) is 4.58. The molecule has 0 aromatic heterocycles. The largest absolute Gasteiger partial charge is 0.0683 e. The molecule has 2 aliphatic rings. The van der Waals surface area contributed by atoms with E-state index in [2.05, 4.69) is 36.4 Å². The van der Waals surface area contributed by atoms with Crippen molar-refractivity contribution in [2.75, 3.05) is 0 Å². The van der Waals surface area contributed by atoms with Crippen molar-refractivity contribution >= 4 is 0 Å². The van der Waals surface area contributed by atoms with Crippen LogP contribution in [0.4, 0.5) is 0 Å². The van der Waals surface area contributed by atoms with Crippen molar-refractivity contribution in [1.82, 2.24) is 0 Å². The smallest absolute Gasteiger partial charge is 0.0114 e. The minimum atomic E-state index is 1.22. The zero-order valence-electron chi connectivity index (χ0n) is 11.3. The average molecular weight is 236 g/mol. The first-order valence-electron chi connectivity index (χ1n) is 7.15. The molecular formula is C18H20. The monoisotopic (exact) mass is 236 g/mol. The van der Waals surface area contributed by atoms with E-state index in [-0.39, 0.29) is 0 Å². The van der Waals surface area contributed by atoms with Crippen molar-refractivity contribution < 1.29 is 0 Å². The molecule has 2 aliphatic carbocycles. The van der Waals surface area contributed by atoms with Gasteiger partial charge in [0.1, 0.15) is 0 Å². The molecule has 0 saturated heterocycles. The Hall–Kier alpha value is -1.56. The van der Waals surface area contributed by atoms with Crippen molar-refractivity contribution in [2.45, 2.75) is 39.5 Å². The van der Waals surface area contributed by atoms with E-state index in [1.54, 1.807) is 33.4 Å². The third kappa shape index (κ3) is 1.59. The van der Waals surface area contributed by atoms with Crippen LogP contribution in [0.2, 0.25) is 0 Å². The summed E-state index contributed by atoms with van der Waals surface area (Å²) in [5.41, 5.74) is 9.42. The second-order valence-electron chi connectivity index (χ2n) is 4.90. The van der Waals surface area contributed by atoms with E-state index in [0.29, 0.717) is 0 Å². The lowest BCUT2D eigenvalue weighted by atomic mass is 9.76. The van der Waals surface area contributed by atoms with Gasteiger partial charge in [-0.05, 0) is 59.1 Å². The summed E-state index contributed by atoms with van der Waals surface area (Å²) in [6.07, 6.45) is 4.89. The third-order valence-electron chi connectivity index (χ3n) is 4.05. The van der Waals surface area contributed by atoms with Crippen LogP contribution in [0.5, 0.6) is 0 Å². The molecule has 0 saturated carbocycles. The molecule has 0 amide bonds. The van der Waals surface area contributed by atoms with Gasteiger partial charge in [0, 0.05) is 0 Å². The molecule has 4 rings (SSSR count). The highest BCUT2D eigenvalue weighted by Gasteiger charge is 2.24. The maximum atomic E-state index is 2.31. The van der Waals surface area contributed by atoms with Gasteiger partial charge in [-0.3, -0.25) is 0 Å². The van der Waals surface area contributed by atoms with Crippen LogP contribution < -0.4 is 0 Å². The molecule has 0 unspecified atom stereocenters. The fourth-order valence-electron chi connectivity index (χ4n) is 3.32. The Bertz CT molecular complexity index is 481. The van der Waals surface area contributed by atoms with Crippen molar-refractivity contribution in [3.8, 4) is 11.1 Å². The molecule has 92 valence electrons. The van der Waals surface area contributed by atoms with Crippen LogP contribution in [0.25, 0.3) is 11.1 Å². The molecule has 0 heterocycles. The fraction of sp³-hybridized carbons (Fsp3) is 0.333. The van der Waals surface area contributed by atoms with Crippen molar-refractivity contribution in [2.24, 2.45) is 0 Å². The van der Waals surface area contributed by atoms with E-state index < -0.39 is 0 Å². The molecule has 2 aromatic rings. The molecule has 2 aromatic carbocycles. The lowest BCUT2D eigenvalue weighted by Crippen LogP contribution is -2.13. The van der Waals surface area contributed by atoms with Gasteiger partial charge in [-0.2, -0.15) is 0 Å².